The number of hydrogen-bond donors (Lipinski definition) is 4. The van der Waals surface area contributed by atoms with Gasteiger partial charge in [0.1, 0.15) is 0 Å². The Morgan fingerprint density at radius 2 is 1.34 bits per heavy atom. The Hall–Kier alpha value is -3.66. The van der Waals surface area contributed by atoms with Gasteiger partial charge in [-0.1, -0.05) is 18.2 Å². The van der Waals surface area contributed by atoms with Gasteiger partial charge in [-0.05, 0) is 79.6 Å². The molecule has 4 N–H and O–H groups in total. The molecule has 4 nitrogen and oxygen atoms in total. The fourth-order valence-electron chi connectivity index (χ4n) is 4.50. The Kier molecular flexibility index (Phi) is 3.33. The first kappa shape index (κ1) is 16.3. The van der Waals surface area contributed by atoms with Gasteiger partial charge in [0.05, 0.1) is 0 Å². The van der Waals surface area contributed by atoms with E-state index in [-0.39, 0.29) is 5.41 Å². The second-order valence-electron chi connectivity index (χ2n) is 8.18. The third-order valence-electron chi connectivity index (χ3n) is 6.09. The quantitative estimate of drug-likeness (QED) is 0.475. The number of aromatic amines is 3. The molecule has 0 spiro atoms. The van der Waals surface area contributed by atoms with Gasteiger partial charge >= 0.3 is 0 Å². The summed E-state index contributed by atoms with van der Waals surface area (Å²) in [5, 5.41) is 5.85. The van der Waals surface area contributed by atoms with E-state index >= 15 is 0 Å². The fourth-order valence-corrected chi connectivity index (χ4v) is 4.50. The Morgan fingerprint density at radius 1 is 0.724 bits per heavy atom. The standard InChI is InChI=1S/C25H22N4/c1-25-11-3-2-4-22(25)23-14-20-9-7-18(27-20)12-16-5-6-17(26-16)13-19-8-10-21(28-19)15-24(25)29-23/h2-10,12-15,26-29H,11H2,1H3/t25-/m0/s1. The highest BCUT2D eigenvalue weighted by Crippen LogP contribution is 2.49. The molecule has 0 unspecified atom stereocenters. The normalized spacial score (nSPS) is 21.9. The molecule has 142 valence electrons. The van der Waals surface area contributed by atoms with Gasteiger partial charge in [-0.25, -0.2) is 0 Å². The molecular formula is C25H22N4. The molecule has 0 amide bonds. The monoisotopic (exact) mass is 378 g/mol. The number of hydrogen-bond acceptors (Lipinski definition) is 1. The van der Waals surface area contributed by atoms with Crippen molar-refractivity contribution in [3.8, 4) is 0 Å². The molecule has 2 aliphatic heterocycles. The maximum atomic E-state index is 3.70. The van der Waals surface area contributed by atoms with Crippen molar-refractivity contribution in [2.45, 2.75) is 13.3 Å². The van der Waals surface area contributed by atoms with Crippen LogP contribution in [0.1, 0.15) is 36.1 Å². The summed E-state index contributed by atoms with van der Waals surface area (Å²) in [5.74, 6) is 0. The van der Waals surface area contributed by atoms with Gasteiger partial charge in [0.15, 0.2) is 0 Å². The van der Waals surface area contributed by atoms with Crippen LogP contribution >= 0.6 is 0 Å². The summed E-state index contributed by atoms with van der Waals surface area (Å²) in [4.78, 5) is 10.5. The Bertz CT molecular complexity index is 1370. The maximum Gasteiger partial charge on any atom is 0.0445 e. The van der Waals surface area contributed by atoms with Crippen LogP contribution in [0.2, 0.25) is 0 Å². The highest BCUT2D eigenvalue weighted by Gasteiger charge is 2.41. The van der Waals surface area contributed by atoms with Gasteiger partial charge in [-0.15, -0.1) is 0 Å². The lowest BCUT2D eigenvalue weighted by Gasteiger charge is -2.27. The first-order chi connectivity index (χ1) is 14.2. The van der Waals surface area contributed by atoms with Crippen molar-refractivity contribution in [3.05, 3.63) is 105 Å². The van der Waals surface area contributed by atoms with Gasteiger partial charge in [-0.3, -0.25) is 0 Å². The van der Waals surface area contributed by atoms with E-state index in [0.29, 0.717) is 0 Å². The smallest absolute Gasteiger partial charge is 0.0445 e. The van der Waals surface area contributed by atoms with Crippen molar-refractivity contribution in [3.63, 3.8) is 0 Å². The third kappa shape index (κ3) is 2.68. The van der Waals surface area contributed by atoms with Crippen molar-refractivity contribution in [1.82, 2.24) is 20.3 Å². The maximum absolute atomic E-state index is 3.70. The molecule has 3 aliphatic rings. The first-order valence-corrected chi connectivity index (χ1v) is 10.0. The zero-order valence-electron chi connectivity index (χ0n) is 16.2. The number of allylic oxidation sites excluding steroid dienone is 5. The third-order valence-corrected chi connectivity index (χ3v) is 6.09. The van der Waals surface area contributed by atoms with Crippen LogP contribution in [-0.2, 0) is 0 Å². The number of aromatic nitrogens is 3. The van der Waals surface area contributed by atoms with Crippen LogP contribution in [0.3, 0.4) is 0 Å². The van der Waals surface area contributed by atoms with E-state index in [1.165, 1.54) is 11.3 Å². The number of fused-ring (bicyclic) bond motifs is 11. The first-order valence-electron chi connectivity index (χ1n) is 10.0. The predicted octanol–water partition coefficient (Wildman–Crippen LogP) is 3.52. The zero-order chi connectivity index (χ0) is 19.4. The highest BCUT2D eigenvalue weighted by molar-refractivity contribution is 5.69. The minimum Gasteiger partial charge on any atom is -0.358 e. The number of H-pyrrole nitrogens is 3. The van der Waals surface area contributed by atoms with Crippen molar-refractivity contribution in [1.29, 1.82) is 0 Å². The van der Waals surface area contributed by atoms with Crippen LogP contribution in [0.4, 0.5) is 0 Å². The topological polar surface area (TPSA) is 59.4 Å². The summed E-state index contributed by atoms with van der Waals surface area (Å²) in [6.07, 6.45) is 16.4. The highest BCUT2D eigenvalue weighted by atomic mass is 15.0. The van der Waals surface area contributed by atoms with Crippen molar-refractivity contribution in [2.75, 3.05) is 0 Å². The number of nitrogens with one attached hydrogen (secondary N) is 4. The largest absolute Gasteiger partial charge is 0.358 e. The predicted molar refractivity (Wildman–Crippen MR) is 118 cm³/mol. The van der Waals surface area contributed by atoms with Gasteiger partial charge < -0.3 is 20.3 Å². The summed E-state index contributed by atoms with van der Waals surface area (Å²) in [7, 11) is 0. The van der Waals surface area contributed by atoms with Crippen LogP contribution in [0.25, 0.3) is 24.3 Å². The van der Waals surface area contributed by atoms with E-state index in [1.54, 1.807) is 0 Å². The fraction of sp³-hybridized carbons (Fsp3) is 0.120. The molecule has 1 aliphatic carbocycles. The minimum atomic E-state index is -0.0426. The van der Waals surface area contributed by atoms with Gasteiger partial charge in [0, 0.05) is 50.3 Å². The Balaban J connectivity index is 1.60. The van der Waals surface area contributed by atoms with Crippen LogP contribution in [0.15, 0.2) is 71.6 Å². The summed E-state index contributed by atoms with van der Waals surface area (Å²) in [6.45, 7) is 2.32. The van der Waals surface area contributed by atoms with Crippen LogP contribution in [0.5, 0.6) is 0 Å². The lowest BCUT2D eigenvalue weighted by molar-refractivity contribution is 0.510. The van der Waals surface area contributed by atoms with Crippen LogP contribution in [0, 0.1) is 5.41 Å². The van der Waals surface area contributed by atoms with Crippen molar-refractivity contribution in [2.24, 2.45) is 5.41 Å². The van der Waals surface area contributed by atoms with Gasteiger partial charge in [-0.2, -0.15) is 0 Å². The molecule has 0 saturated carbocycles. The molecular weight excluding hydrogens is 356 g/mol. The summed E-state index contributed by atoms with van der Waals surface area (Å²) >= 11 is 0. The molecule has 3 aromatic heterocycles. The Labute approximate surface area is 168 Å². The molecule has 3 aromatic rings. The van der Waals surface area contributed by atoms with E-state index in [4.69, 9.17) is 0 Å². The van der Waals surface area contributed by atoms with E-state index < -0.39 is 0 Å². The van der Waals surface area contributed by atoms with Gasteiger partial charge in [0.2, 0.25) is 0 Å². The zero-order valence-corrected chi connectivity index (χ0v) is 16.2. The lowest BCUT2D eigenvalue weighted by Crippen LogP contribution is -2.19. The average molecular weight is 378 g/mol. The van der Waals surface area contributed by atoms with E-state index in [1.807, 2.05) is 0 Å². The van der Waals surface area contributed by atoms with Gasteiger partial charge in [0.25, 0.3) is 0 Å². The second-order valence-corrected chi connectivity index (χ2v) is 8.18. The van der Waals surface area contributed by atoms with Crippen molar-refractivity contribution < 1.29 is 0 Å². The minimum absolute atomic E-state index is 0.0426. The molecule has 0 radical (unpaired) electrons. The molecule has 5 heterocycles. The van der Waals surface area contributed by atoms with E-state index in [2.05, 4.69) is 106 Å². The molecule has 29 heavy (non-hydrogen) atoms. The summed E-state index contributed by atoms with van der Waals surface area (Å²) in [5.41, 5.74) is 8.02. The summed E-state index contributed by atoms with van der Waals surface area (Å²) < 4.78 is 0. The summed E-state index contributed by atoms with van der Waals surface area (Å²) in [6, 6.07) is 12.7. The second kappa shape index (κ2) is 5.92. The van der Waals surface area contributed by atoms with Crippen LogP contribution < -0.4 is 16.0 Å². The molecule has 8 bridgehead atoms. The molecule has 4 heteroatoms. The number of rotatable bonds is 0. The Morgan fingerprint density at radius 3 is 2.03 bits per heavy atom. The van der Waals surface area contributed by atoms with E-state index in [0.717, 1.165) is 45.6 Å². The van der Waals surface area contributed by atoms with Crippen molar-refractivity contribution >= 4 is 24.3 Å². The molecule has 1 saturated heterocycles. The molecule has 6 rings (SSSR count). The molecule has 1 fully saturated rings. The van der Waals surface area contributed by atoms with Crippen LogP contribution in [-0.4, -0.2) is 15.0 Å². The molecule has 1 atom stereocenters. The lowest BCUT2D eigenvalue weighted by atomic mass is 9.75. The average Bonchev–Trinajstić information content (AvgIpc) is 3.47. The van der Waals surface area contributed by atoms with E-state index in [9.17, 15) is 0 Å². The molecule has 0 aromatic carbocycles. The SMILES string of the molecule is C[C@]12CC=CC=C1C1=Cc3ccc([nH]3)C=c3ccc([nH]3)=Cc3ccc([nH]3)C=C2N1.